The monoisotopic (exact) mass is 392 g/mol. The van der Waals surface area contributed by atoms with Crippen LogP contribution in [0.3, 0.4) is 0 Å². The molecule has 2 heterocycles. The molecule has 0 radical (unpaired) electrons. The number of benzene rings is 2. The number of hydrogen-bond donors (Lipinski definition) is 1. The van der Waals surface area contributed by atoms with Crippen molar-refractivity contribution in [1.29, 1.82) is 0 Å². The molecule has 2 aromatic heterocycles. The van der Waals surface area contributed by atoms with E-state index in [1.165, 1.54) is 24.4 Å². The zero-order valence-corrected chi connectivity index (χ0v) is 15.9. The maximum Gasteiger partial charge on any atom is 0.243 e. The maximum atomic E-state index is 14.0. The lowest BCUT2D eigenvalue weighted by atomic mass is 10.1. The number of anilines is 1. The average Bonchev–Trinajstić information content (AvgIpc) is 3.01. The number of hydrogen-bond acceptors (Lipinski definition) is 5. The molecule has 0 aliphatic heterocycles. The molecule has 0 bridgehead atoms. The van der Waals surface area contributed by atoms with Gasteiger partial charge in [0.05, 0.1) is 23.3 Å². The normalized spacial score (nSPS) is 10.9. The summed E-state index contributed by atoms with van der Waals surface area (Å²) in [4.78, 5) is 4.36. The van der Waals surface area contributed by atoms with Gasteiger partial charge in [0.15, 0.2) is 0 Å². The van der Waals surface area contributed by atoms with Crippen LogP contribution in [0.15, 0.2) is 54.7 Å². The second kappa shape index (κ2) is 7.75. The molecule has 146 valence electrons. The molecule has 0 spiro atoms. The Balaban J connectivity index is 1.56. The number of halogens is 2. The molecule has 2 aromatic carbocycles. The van der Waals surface area contributed by atoms with Crippen molar-refractivity contribution < 1.29 is 8.78 Å². The van der Waals surface area contributed by atoms with Crippen LogP contribution < -0.4 is 5.32 Å². The number of nitrogens with zero attached hydrogens (tertiary/aromatic N) is 5. The summed E-state index contributed by atoms with van der Waals surface area (Å²) in [6.45, 7) is 4.26. The van der Waals surface area contributed by atoms with Crippen LogP contribution >= 0.6 is 0 Å². The Hall–Kier alpha value is -3.68. The van der Waals surface area contributed by atoms with Crippen molar-refractivity contribution in [2.75, 3.05) is 5.32 Å². The molecule has 0 fully saturated rings. The van der Waals surface area contributed by atoms with E-state index < -0.39 is 0 Å². The van der Waals surface area contributed by atoms with Gasteiger partial charge in [0.25, 0.3) is 0 Å². The molecule has 0 atom stereocenters. The van der Waals surface area contributed by atoms with Crippen molar-refractivity contribution in [2.45, 2.75) is 20.4 Å². The summed E-state index contributed by atoms with van der Waals surface area (Å²) in [5, 5.41) is 15.6. The Bertz CT molecular complexity index is 1150. The minimum absolute atomic E-state index is 0.291. The van der Waals surface area contributed by atoms with Gasteiger partial charge in [0.2, 0.25) is 5.95 Å². The molecule has 0 amide bonds. The van der Waals surface area contributed by atoms with Crippen molar-refractivity contribution >= 4 is 5.95 Å². The molecule has 0 aliphatic carbocycles. The van der Waals surface area contributed by atoms with Crippen molar-refractivity contribution in [3.63, 3.8) is 0 Å². The second-order valence-electron chi connectivity index (χ2n) is 6.54. The van der Waals surface area contributed by atoms with Crippen molar-refractivity contribution in [1.82, 2.24) is 25.0 Å². The van der Waals surface area contributed by atoms with Gasteiger partial charge in [-0.2, -0.15) is 10.2 Å². The third-order valence-corrected chi connectivity index (χ3v) is 4.64. The molecule has 0 unspecified atom stereocenters. The van der Waals surface area contributed by atoms with Gasteiger partial charge in [-0.25, -0.2) is 18.4 Å². The summed E-state index contributed by atoms with van der Waals surface area (Å²) in [6.07, 6.45) is 1.42. The van der Waals surface area contributed by atoms with E-state index in [0.29, 0.717) is 23.8 Å². The van der Waals surface area contributed by atoms with Gasteiger partial charge in [-0.3, -0.25) is 0 Å². The fourth-order valence-electron chi connectivity index (χ4n) is 3.11. The Kier molecular flexibility index (Phi) is 4.99. The third kappa shape index (κ3) is 3.82. The van der Waals surface area contributed by atoms with E-state index in [1.807, 2.05) is 13.8 Å². The second-order valence-corrected chi connectivity index (χ2v) is 6.54. The first-order valence-corrected chi connectivity index (χ1v) is 9.02. The molecule has 29 heavy (non-hydrogen) atoms. The zero-order valence-electron chi connectivity index (χ0n) is 15.9. The number of nitrogens with one attached hydrogen (secondary N) is 1. The molecular weight excluding hydrogens is 374 g/mol. The Morgan fingerprint density at radius 1 is 1.00 bits per heavy atom. The Morgan fingerprint density at radius 3 is 2.52 bits per heavy atom. The van der Waals surface area contributed by atoms with Gasteiger partial charge < -0.3 is 5.32 Å². The first-order chi connectivity index (χ1) is 14.0. The highest BCUT2D eigenvalue weighted by atomic mass is 19.1. The highest BCUT2D eigenvalue weighted by Crippen LogP contribution is 2.22. The molecule has 4 aromatic rings. The lowest BCUT2D eigenvalue weighted by Crippen LogP contribution is -2.07. The first kappa shape index (κ1) is 18.7. The highest BCUT2D eigenvalue weighted by molar-refractivity contribution is 5.59. The summed E-state index contributed by atoms with van der Waals surface area (Å²) in [5.74, 6) is -0.373. The quantitative estimate of drug-likeness (QED) is 0.550. The molecule has 0 saturated heterocycles. The summed E-state index contributed by atoms with van der Waals surface area (Å²) >= 11 is 0. The van der Waals surface area contributed by atoms with Gasteiger partial charge in [-0.05, 0) is 50.2 Å². The fraction of sp³-hybridized carbons (Fsp3) is 0.143. The summed E-state index contributed by atoms with van der Waals surface area (Å²) in [6, 6.07) is 12.5. The van der Waals surface area contributed by atoms with Gasteiger partial charge in [-0.15, -0.1) is 5.10 Å². The zero-order chi connectivity index (χ0) is 20.4. The van der Waals surface area contributed by atoms with Crippen LogP contribution in [0, 0.1) is 25.5 Å². The predicted molar refractivity (Wildman–Crippen MR) is 106 cm³/mol. The van der Waals surface area contributed by atoms with E-state index in [1.54, 1.807) is 35.0 Å². The molecule has 8 heteroatoms. The smallest absolute Gasteiger partial charge is 0.243 e. The summed E-state index contributed by atoms with van der Waals surface area (Å²) in [5.41, 5.74) is 4.25. The van der Waals surface area contributed by atoms with Gasteiger partial charge in [0, 0.05) is 23.4 Å². The largest absolute Gasteiger partial charge is 0.349 e. The van der Waals surface area contributed by atoms with E-state index in [4.69, 9.17) is 0 Å². The van der Waals surface area contributed by atoms with Gasteiger partial charge in [-0.1, -0.05) is 12.1 Å². The maximum absolute atomic E-state index is 14.0. The van der Waals surface area contributed by atoms with E-state index in [-0.39, 0.29) is 11.6 Å². The SMILES string of the molecule is Cc1nn(-c2ccc(F)cc2)c(C)c1CNc1nncc(-c2ccccc2F)n1. The molecule has 0 aliphatic rings. The number of rotatable bonds is 5. The lowest BCUT2D eigenvalue weighted by molar-refractivity contribution is 0.626. The summed E-state index contributed by atoms with van der Waals surface area (Å²) in [7, 11) is 0. The predicted octanol–water partition coefficient (Wildman–Crippen LogP) is 4.23. The van der Waals surface area contributed by atoms with E-state index >= 15 is 0 Å². The van der Waals surface area contributed by atoms with Crippen LogP contribution in [0.25, 0.3) is 16.9 Å². The summed E-state index contributed by atoms with van der Waals surface area (Å²) < 4.78 is 29.0. The Labute approximate surface area is 166 Å². The molecule has 0 saturated carbocycles. The minimum Gasteiger partial charge on any atom is -0.349 e. The first-order valence-electron chi connectivity index (χ1n) is 9.02. The van der Waals surface area contributed by atoms with Crippen LogP contribution in [0.4, 0.5) is 14.7 Å². The van der Waals surface area contributed by atoms with E-state index in [0.717, 1.165) is 22.6 Å². The topological polar surface area (TPSA) is 68.5 Å². The van der Waals surface area contributed by atoms with Crippen molar-refractivity contribution in [3.05, 3.63) is 83.3 Å². The molecule has 1 N–H and O–H groups in total. The van der Waals surface area contributed by atoms with Crippen molar-refractivity contribution in [2.24, 2.45) is 0 Å². The third-order valence-electron chi connectivity index (χ3n) is 4.64. The van der Waals surface area contributed by atoms with Gasteiger partial charge in [0.1, 0.15) is 11.6 Å². The Morgan fingerprint density at radius 2 is 1.76 bits per heavy atom. The van der Waals surface area contributed by atoms with Crippen molar-refractivity contribution in [3.8, 4) is 16.9 Å². The van der Waals surface area contributed by atoms with E-state index in [9.17, 15) is 8.78 Å². The van der Waals surface area contributed by atoms with Crippen LogP contribution in [0.2, 0.25) is 0 Å². The molecule has 6 nitrogen and oxygen atoms in total. The van der Waals surface area contributed by atoms with E-state index in [2.05, 4.69) is 25.6 Å². The molecular formula is C21H18F2N6. The highest BCUT2D eigenvalue weighted by Gasteiger charge is 2.14. The fourth-order valence-corrected chi connectivity index (χ4v) is 3.11. The average molecular weight is 392 g/mol. The van der Waals surface area contributed by atoms with Crippen LogP contribution in [-0.2, 0) is 6.54 Å². The standard InChI is InChI=1S/C21H18F2N6/c1-13-18(14(2)29(28-13)16-9-7-15(22)8-10-16)11-24-21-26-20(12-25-27-21)17-5-3-4-6-19(17)23/h3-10,12H,11H2,1-2H3,(H,24,26,27). The lowest BCUT2D eigenvalue weighted by Gasteiger charge is -2.08. The van der Waals surface area contributed by atoms with Crippen LogP contribution in [-0.4, -0.2) is 25.0 Å². The van der Waals surface area contributed by atoms with Crippen LogP contribution in [0.1, 0.15) is 17.0 Å². The number of aryl methyl sites for hydroxylation is 1. The molecule has 4 rings (SSSR count). The van der Waals surface area contributed by atoms with Crippen LogP contribution in [0.5, 0.6) is 0 Å². The number of aromatic nitrogens is 5. The minimum atomic E-state index is -0.369. The van der Waals surface area contributed by atoms with Gasteiger partial charge >= 0.3 is 0 Å².